The van der Waals surface area contributed by atoms with Crippen molar-refractivity contribution in [3.63, 3.8) is 0 Å². The van der Waals surface area contributed by atoms with E-state index in [0.29, 0.717) is 29.9 Å². The Balaban J connectivity index is 1.65. The van der Waals surface area contributed by atoms with E-state index in [1.54, 1.807) is 18.2 Å². The van der Waals surface area contributed by atoms with E-state index in [4.69, 9.17) is 9.47 Å². The minimum Gasteiger partial charge on any atom is -0.493 e. The molecule has 0 unspecified atom stereocenters. The smallest absolute Gasteiger partial charge is 0.243 e. The van der Waals surface area contributed by atoms with Gasteiger partial charge in [-0.15, -0.1) is 0 Å². The summed E-state index contributed by atoms with van der Waals surface area (Å²) in [5.41, 5.74) is 0.695. The monoisotopic (exact) mass is 507 g/mol. The highest BCUT2D eigenvalue weighted by Gasteiger charge is 2.31. The van der Waals surface area contributed by atoms with Crippen LogP contribution in [0, 0.1) is 5.82 Å². The van der Waals surface area contributed by atoms with Crippen LogP contribution >= 0.6 is 0 Å². The molecule has 1 aliphatic rings. The van der Waals surface area contributed by atoms with Crippen molar-refractivity contribution >= 4 is 21.8 Å². The Morgan fingerprint density at radius 3 is 2.31 bits per heavy atom. The number of nitrogens with zero attached hydrogens (tertiary/aromatic N) is 1. The molecule has 0 aliphatic carbocycles. The molecule has 0 bridgehead atoms. The number of nitrogens with one attached hydrogen (secondary N) is 2. The number of piperidine rings is 1. The lowest BCUT2D eigenvalue weighted by Crippen LogP contribution is -2.53. The van der Waals surface area contributed by atoms with Crippen LogP contribution in [0.3, 0.4) is 0 Å². The fourth-order valence-electron chi connectivity index (χ4n) is 4.09. The second-order valence-corrected chi connectivity index (χ2v) is 10.2. The fraction of sp³-hybridized carbons (Fsp3) is 0.417. The van der Waals surface area contributed by atoms with Gasteiger partial charge in [-0.3, -0.25) is 9.59 Å². The molecule has 1 heterocycles. The van der Waals surface area contributed by atoms with Crippen LogP contribution in [0.5, 0.6) is 11.5 Å². The molecular formula is C24H30FN3O6S. The third-order valence-corrected chi connectivity index (χ3v) is 7.77. The van der Waals surface area contributed by atoms with Gasteiger partial charge in [-0.25, -0.2) is 12.8 Å². The Kier molecular flexibility index (Phi) is 8.68. The van der Waals surface area contributed by atoms with Crippen LogP contribution < -0.4 is 20.1 Å². The fourth-order valence-corrected chi connectivity index (χ4v) is 5.56. The van der Waals surface area contributed by atoms with Crippen molar-refractivity contribution < 1.29 is 31.9 Å². The van der Waals surface area contributed by atoms with Crippen molar-refractivity contribution in [2.45, 2.75) is 43.2 Å². The van der Waals surface area contributed by atoms with Gasteiger partial charge in [0.25, 0.3) is 0 Å². The van der Waals surface area contributed by atoms with Crippen molar-refractivity contribution in [3.8, 4) is 11.5 Å². The lowest BCUT2D eigenvalue weighted by Gasteiger charge is -2.32. The summed E-state index contributed by atoms with van der Waals surface area (Å²) < 4.78 is 50.9. The number of sulfonamides is 1. The number of carbonyl (C=O) groups excluding carboxylic acids is 2. The zero-order chi connectivity index (χ0) is 25.6. The summed E-state index contributed by atoms with van der Waals surface area (Å²) in [7, 11) is -0.728. The minimum atomic E-state index is -3.75. The van der Waals surface area contributed by atoms with Crippen molar-refractivity contribution in [3.05, 3.63) is 53.8 Å². The van der Waals surface area contributed by atoms with E-state index in [-0.39, 0.29) is 42.3 Å². The molecule has 3 rings (SSSR count). The molecule has 0 radical (unpaired) electrons. The molecule has 1 saturated heterocycles. The normalized spacial score (nSPS) is 15.8. The van der Waals surface area contributed by atoms with Crippen molar-refractivity contribution in [2.24, 2.45) is 0 Å². The third kappa shape index (κ3) is 6.49. The lowest BCUT2D eigenvalue weighted by atomic mass is 10.0. The van der Waals surface area contributed by atoms with Crippen LogP contribution in [-0.2, 0) is 26.0 Å². The molecule has 2 N–H and O–H groups in total. The number of benzene rings is 2. The number of rotatable bonds is 9. The summed E-state index contributed by atoms with van der Waals surface area (Å²) in [5, 5.41) is 5.61. The molecule has 11 heteroatoms. The summed E-state index contributed by atoms with van der Waals surface area (Å²) in [6, 6.07) is 8.90. The van der Waals surface area contributed by atoms with Gasteiger partial charge in [0.05, 0.1) is 19.1 Å². The largest absolute Gasteiger partial charge is 0.493 e. The van der Waals surface area contributed by atoms with E-state index in [1.165, 1.54) is 37.6 Å². The van der Waals surface area contributed by atoms with E-state index in [9.17, 15) is 22.4 Å². The highest BCUT2D eigenvalue weighted by molar-refractivity contribution is 7.89. The Labute approximate surface area is 204 Å². The number of hydrogen-bond acceptors (Lipinski definition) is 6. The number of methoxy groups -OCH3 is 2. The van der Waals surface area contributed by atoms with E-state index in [0.717, 1.165) is 12.1 Å². The highest BCUT2D eigenvalue weighted by atomic mass is 32.2. The maximum atomic E-state index is 13.2. The number of amides is 2. The average Bonchev–Trinajstić information content (AvgIpc) is 2.83. The van der Waals surface area contributed by atoms with Gasteiger partial charge in [0, 0.05) is 38.0 Å². The highest BCUT2D eigenvalue weighted by Crippen LogP contribution is 2.31. The van der Waals surface area contributed by atoms with Crippen molar-refractivity contribution in [2.75, 3.05) is 27.3 Å². The molecule has 0 saturated carbocycles. The molecule has 1 aliphatic heterocycles. The Bertz CT molecular complexity index is 1150. The Morgan fingerprint density at radius 2 is 1.74 bits per heavy atom. The summed E-state index contributed by atoms with van der Waals surface area (Å²) in [5.74, 6) is -0.234. The molecule has 2 amide bonds. The Hall–Kier alpha value is -3.18. The molecular weight excluding hydrogens is 477 g/mol. The van der Waals surface area contributed by atoms with E-state index < -0.39 is 21.9 Å². The molecule has 1 fully saturated rings. The van der Waals surface area contributed by atoms with Gasteiger partial charge < -0.3 is 20.1 Å². The first-order valence-corrected chi connectivity index (χ1v) is 12.6. The SMILES string of the molecule is COc1cccc(C[C@@H](NC(C)=O)C(=O)NC2CCN(S(=O)(=O)c3ccc(F)cc3)CC2)c1OC. The summed E-state index contributed by atoms with van der Waals surface area (Å²) in [6.07, 6.45) is 0.993. The van der Waals surface area contributed by atoms with Gasteiger partial charge in [-0.1, -0.05) is 12.1 Å². The lowest BCUT2D eigenvalue weighted by molar-refractivity contribution is -0.128. The number of ether oxygens (including phenoxy) is 2. The van der Waals surface area contributed by atoms with Gasteiger partial charge in [0.15, 0.2) is 11.5 Å². The first kappa shape index (κ1) is 26.4. The third-order valence-electron chi connectivity index (χ3n) is 5.85. The minimum absolute atomic E-state index is 0.0272. The first-order valence-electron chi connectivity index (χ1n) is 11.2. The van der Waals surface area contributed by atoms with E-state index in [2.05, 4.69) is 10.6 Å². The second-order valence-electron chi connectivity index (χ2n) is 8.25. The molecule has 0 spiro atoms. The molecule has 0 aromatic heterocycles. The maximum Gasteiger partial charge on any atom is 0.243 e. The number of para-hydroxylation sites is 1. The Morgan fingerprint density at radius 1 is 1.09 bits per heavy atom. The van der Waals surface area contributed by atoms with Gasteiger partial charge in [0.2, 0.25) is 21.8 Å². The second kappa shape index (κ2) is 11.5. The van der Waals surface area contributed by atoms with Gasteiger partial charge in [0.1, 0.15) is 11.9 Å². The quantitative estimate of drug-likeness (QED) is 0.536. The van der Waals surface area contributed by atoms with Gasteiger partial charge in [-0.05, 0) is 43.2 Å². The van der Waals surface area contributed by atoms with Gasteiger partial charge >= 0.3 is 0 Å². The van der Waals surface area contributed by atoms with E-state index >= 15 is 0 Å². The molecule has 9 nitrogen and oxygen atoms in total. The predicted octanol–water partition coefficient (Wildman–Crippen LogP) is 1.86. The standard InChI is InChI=1S/C24H30FN3O6S/c1-16(29)26-21(15-17-5-4-6-22(33-2)23(17)34-3)24(30)27-19-11-13-28(14-12-19)35(31,32)20-9-7-18(25)8-10-20/h4-10,19,21H,11-15H2,1-3H3,(H,26,29)(H,27,30)/t21-/m1/s1. The van der Waals surface area contributed by atoms with Crippen LogP contribution in [0.2, 0.25) is 0 Å². The number of halogens is 1. The summed E-state index contributed by atoms with van der Waals surface area (Å²) >= 11 is 0. The summed E-state index contributed by atoms with van der Waals surface area (Å²) in [4.78, 5) is 24.9. The number of hydrogen-bond donors (Lipinski definition) is 2. The predicted molar refractivity (Wildman–Crippen MR) is 127 cm³/mol. The number of carbonyl (C=O) groups is 2. The molecule has 2 aromatic rings. The average molecular weight is 508 g/mol. The van der Waals surface area contributed by atoms with Crippen molar-refractivity contribution in [1.82, 2.24) is 14.9 Å². The van der Waals surface area contributed by atoms with Crippen LogP contribution in [-0.4, -0.2) is 63.9 Å². The zero-order valence-electron chi connectivity index (χ0n) is 19.9. The van der Waals surface area contributed by atoms with Crippen LogP contribution in [0.15, 0.2) is 47.4 Å². The molecule has 190 valence electrons. The zero-order valence-corrected chi connectivity index (χ0v) is 20.7. The van der Waals surface area contributed by atoms with E-state index in [1.807, 2.05) is 0 Å². The topological polar surface area (TPSA) is 114 Å². The van der Waals surface area contributed by atoms with Crippen LogP contribution in [0.25, 0.3) is 0 Å². The van der Waals surface area contributed by atoms with Crippen molar-refractivity contribution in [1.29, 1.82) is 0 Å². The molecule has 35 heavy (non-hydrogen) atoms. The first-order chi connectivity index (χ1) is 16.6. The molecule has 1 atom stereocenters. The van der Waals surface area contributed by atoms with Crippen LogP contribution in [0.4, 0.5) is 4.39 Å². The van der Waals surface area contributed by atoms with Crippen LogP contribution in [0.1, 0.15) is 25.3 Å². The molecule has 2 aromatic carbocycles. The maximum absolute atomic E-state index is 13.2. The summed E-state index contributed by atoms with van der Waals surface area (Å²) in [6.45, 7) is 1.75. The van der Waals surface area contributed by atoms with Gasteiger partial charge in [-0.2, -0.15) is 4.31 Å².